The molecule has 3 heterocycles. The number of pyridine rings is 1. The van der Waals surface area contributed by atoms with Crippen LogP contribution in [0.5, 0.6) is 0 Å². The average molecular weight is 493 g/mol. The van der Waals surface area contributed by atoms with E-state index in [0.29, 0.717) is 42.6 Å². The van der Waals surface area contributed by atoms with Crippen molar-refractivity contribution in [2.75, 3.05) is 26.2 Å². The molecule has 170 valence electrons. The van der Waals surface area contributed by atoms with Crippen LogP contribution in [0.4, 0.5) is 0 Å². The van der Waals surface area contributed by atoms with Gasteiger partial charge in [0.15, 0.2) is 10.6 Å². The quantitative estimate of drug-likeness (QED) is 0.470. The molecule has 1 saturated heterocycles. The summed E-state index contributed by atoms with van der Waals surface area (Å²) >= 11 is 11.7. The van der Waals surface area contributed by atoms with E-state index in [1.54, 1.807) is 30.6 Å². The van der Waals surface area contributed by atoms with Gasteiger partial charge in [-0.05, 0) is 49.0 Å². The first-order valence-electron chi connectivity index (χ1n) is 10.5. The van der Waals surface area contributed by atoms with Crippen molar-refractivity contribution in [2.24, 2.45) is 0 Å². The fraction of sp³-hybridized carbons (Fsp3) is 0.381. The number of sulfonamides is 1. The molecule has 4 rings (SSSR count). The molecule has 0 atom stereocenters. The second-order valence-corrected chi connectivity index (χ2v) is 10.4. The van der Waals surface area contributed by atoms with Crippen LogP contribution >= 0.6 is 23.8 Å². The highest BCUT2D eigenvalue weighted by atomic mass is 35.5. The Bertz CT molecular complexity index is 1230. The van der Waals surface area contributed by atoms with Crippen molar-refractivity contribution in [3.63, 3.8) is 0 Å². The van der Waals surface area contributed by atoms with Gasteiger partial charge in [-0.2, -0.15) is 9.40 Å². The lowest BCUT2D eigenvalue weighted by atomic mass is 10.2. The third-order valence-corrected chi connectivity index (χ3v) is 7.97. The predicted octanol–water partition coefficient (Wildman–Crippen LogP) is 3.50. The molecule has 0 saturated carbocycles. The summed E-state index contributed by atoms with van der Waals surface area (Å²) in [5, 5.41) is 5.19. The number of piperazine rings is 1. The SMILES string of the molecule is CCCn1c(-c2ccncc2)nn(CN2CCN(S(=O)(=O)c3cccc(Cl)c3)CC2)c1=S. The van der Waals surface area contributed by atoms with Crippen molar-refractivity contribution in [1.82, 2.24) is 28.5 Å². The Morgan fingerprint density at radius 3 is 2.47 bits per heavy atom. The molecule has 1 aliphatic heterocycles. The Morgan fingerprint density at radius 2 is 1.81 bits per heavy atom. The van der Waals surface area contributed by atoms with Crippen molar-refractivity contribution in [3.05, 3.63) is 58.6 Å². The smallest absolute Gasteiger partial charge is 0.243 e. The fourth-order valence-electron chi connectivity index (χ4n) is 3.75. The van der Waals surface area contributed by atoms with E-state index < -0.39 is 10.0 Å². The number of nitrogens with zero attached hydrogens (tertiary/aromatic N) is 6. The molecule has 8 nitrogen and oxygen atoms in total. The Morgan fingerprint density at radius 1 is 1.09 bits per heavy atom. The molecular weight excluding hydrogens is 468 g/mol. The Labute approximate surface area is 198 Å². The summed E-state index contributed by atoms with van der Waals surface area (Å²) in [7, 11) is -3.57. The third kappa shape index (κ3) is 4.79. The van der Waals surface area contributed by atoms with Crippen molar-refractivity contribution >= 4 is 33.8 Å². The molecule has 11 heteroatoms. The van der Waals surface area contributed by atoms with E-state index in [0.717, 1.165) is 24.4 Å². The van der Waals surface area contributed by atoms with E-state index >= 15 is 0 Å². The van der Waals surface area contributed by atoms with Gasteiger partial charge < -0.3 is 0 Å². The highest BCUT2D eigenvalue weighted by Crippen LogP contribution is 2.22. The first-order valence-corrected chi connectivity index (χ1v) is 12.7. The number of hydrogen-bond donors (Lipinski definition) is 0. The second kappa shape index (κ2) is 9.80. The average Bonchev–Trinajstić information content (AvgIpc) is 3.10. The van der Waals surface area contributed by atoms with Crippen LogP contribution < -0.4 is 0 Å². The summed E-state index contributed by atoms with van der Waals surface area (Å²) < 4.78 is 31.9. The molecular formula is C21H25ClN6O2S2. The standard InChI is InChI=1S/C21H25ClN6O2S2/c1-2-10-27-20(17-6-8-23-9-7-17)24-28(21(27)31)16-25-11-13-26(14-12-25)32(29,30)19-5-3-4-18(22)15-19/h3-9,15H,2,10-14,16H2,1H3. The normalized spacial score (nSPS) is 15.8. The second-order valence-electron chi connectivity index (χ2n) is 7.61. The summed E-state index contributed by atoms with van der Waals surface area (Å²) in [5.74, 6) is 0.821. The molecule has 0 N–H and O–H groups in total. The predicted molar refractivity (Wildman–Crippen MR) is 126 cm³/mol. The summed E-state index contributed by atoms with van der Waals surface area (Å²) in [6.07, 6.45) is 4.43. The van der Waals surface area contributed by atoms with E-state index in [4.69, 9.17) is 28.9 Å². The molecule has 2 aromatic heterocycles. The highest BCUT2D eigenvalue weighted by Gasteiger charge is 2.29. The van der Waals surface area contributed by atoms with Crippen molar-refractivity contribution in [3.8, 4) is 11.4 Å². The van der Waals surface area contributed by atoms with Crippen LogP contribution in [-0.4, -0.2) is 63.1 Å². The molecule has 0 bridgehead atoms. The van der Waals surface area contributed by atoms with E-state index in [1.165, 1.54) is 10.4 Å². The Kier molecular flexibility index (Phi) is 7.06. The lowest BCUT2D eigenvalue weighted by molar-refractivity contribution is 0.144. The molecule has 1 aliphatic rings. The summed E-state index contributed by atoms with van der Waals surface area (Å²) in [6.45, 7) is 5.37. The van der Waals surface area contributed by atoms with Crippen LogP contribution in [0.25, 0.3) is 11.4 Å². The van der Waals surface area contributed by atoms with Crippen LogP contribution in [0.1, 0.15) is 13.3 Å². The van der Waals surface area contributed by atoms with Crippen molar-refractivity contribution < 1.29 is 8.42 Å². The highest BCUT2D eigenvalue weighted by molar-refractivity contribution is 7.89. The molecule has 0 amide bonds. The maximum Gasteiger partial charge on any atom is 0.243 e. The zero-order valence-electron chi connectivity index (χ0n) is 17.8. The number of aromatic nitrogens is 4. The molecule has 32 heavy (non-hydrogen) atoms. The zero-order valence-corrected chi connectivity index (χ0v) is 20.2. The summed E-state index contributed by atoms with van der Waals surface area (Å²) in [6, 6.07) is 10.2. The molecule has 0 aliphatic carbocycles. The molecule has 0 radical (unpaired) electrons. The van der Waals surface area contributed by atoms with Gasteiger partial charge in [0.1, 0.15) is 0 Å². The first kappa shape index (κ1) is 23.1. The van der Waals surface area contributed by atoms with Crippen LogP contribution in [0, 0.1) is 4.77 Å². The van der Waals surface area contributed by atoms with Gasteiger partial charge >= 0.3 is 0 Å². The maximum atomic E-state index is 12.9. The number of rotatable bonds is 7. The summed E-state index contributed by atoms with van der Waals surface area (Å²) in [4.78, 5) is 6.47. The minimum Gasteiger partial charge on any atom is -0.300 e. The van der Waals surface area contributed by atoms with Gasteiger partial charge in [0, 0.05) is 55.7 Å². The largest absolute Gasteiger partial charge is 0.300 e. The van der Waals surface area contributed by atoms with E-state index in [9.17, 15) is 8.42 Å². The molecule has 0 spiro atoms. The number of benzene rings is 1. The van der Waals surface area contributed by atoms with Gasteiger partial charge in [-0.1, -0.05) is 24.6 Å². The monoisotopic (exact) mass is 492 g/mol. The number of halogens is 1. The number of hydrogen-bond acceptors (Lipinski definition) is 6. The van der Waals surface area contributed by atoms with Crippen molar-refractivity contribution in [2.45, 2.75) is 31.5 Å². The van der Waals surface area contributed by atoms with Crippen molar-refractivity contribution in [1.29, 1.82) is 0 Å². The van der Waals surface area contributed by atoms with Gasteiger partial charge in [0.05, 0.1) is 11.6 Å². The zero-order chi connectivity index (χ0) is 22.7. The molecule has 1 aromatic carbocycles. The van der Waals surface area contributed by atoms with Gasteiger partial charge in [0.25, 0.3) is 0 Å². The van der Waals surface area contributed by atoms with Crippen LogP contribution in [0.15, 0.2) is 53.7 Å². The van der Waals surface area contributed by atoms with Gasteiger partial charge in [-0.3, -0.25) is 14.5 Å². The van der Waals surface area contributed by atoms with E-state index in [2.05, 4.69) is 16.8 Å². The summed E-state index contributed by atoms with van der Waals surface area (Å²) in [5.41, 5.74) is 0.968. The molecule has 3 aromatic rings. The first-order chi connectivity index (χ1) is 15.4. The van der Waals surface area contributed by atoms with Crippen LogP contribution in [0.3, 0.4) is 0 Å². The third-order valence-electron chi connectivity index (χ3n) is 5.41. The lowest BCUT2D eigenvalue weighted by Gasteiger charge is -2.33. The topological polar surface area (TPSA) is 76.3 Å². The minimum absolute atomic E-state index is 0.223. The molecule has 0 unspecified atom stereocenters. The fourth-order valence-corrected chi connectivity index (χ4v) is 5.75. The van der Waals surface area contributed by atoms with Gasteiger partial charge in [0.2, 0.25) is 10.0 Å². The lowest BCUT2D eigenvalue weighted by Crippen LogP contribution is -2.48. The van der Waals surface area contributed by atoms with Crippen LogP contribution in [-0.2, 0) is 23.2 Å². The Hall–Kier alpha value is -2.11. The van der Waals surface area contributed by atoms with Crippen LogP contribution in [0.2, 0.25) is 5.02 Å². The maximum absolute atomic E-state index is 12.9. The van der Waals surface area contributed by atoms with Gasteiger partial charge in [-0.15, -0.1) is 0 Å². The molecule has 1 fully saturated rings. The Balaban J connectivity index is 1.48. The minimum atomic E-state index is -3.57. The van der Waals surface area contributed by atoms with E-state index in [1.807, 2.05) is 21.4 Å². The van der Waals surface area contributed by atoms with Gasteiger partial charge in [-0.25, -0.2) is 13.1 Å². The van der Waals surface area contributed by atoms with E-state index in [-0.39, 0.29) is 4.90 Å².